The number of sulfonamides is 1. The van der Waals surface area contributed by atoms with Gasteiger partial charge in [-0.25, -0.2) is 18.1 Å². The van der Waals surface area contributed by atoms with E-state index in [1.165, 1.54) is 42.5 Å². The number of aromatic nitrogens is 2. The van der Waals surface area contributed by atoms with Crippen LogP contribution in [0.1, 0.15) is 72.1 Å². The molecular weight excluding hydrogens is 556 g/mol. The van der Waals surface area contributed by atoms with Gasteiger partial charge in [-0.15, -0.1) is 0 Å². The summed E-state index contributed by atoms with van der Waals surface area (Å²) in [6, 6.07) is 31.0. The van der Waals surface area contributed by atoms with Gasteiger partial charge in [-0.2, -0.15) is 0 Å². The predicted octanol–water partition coefficient (Wildman–Crippen LogP) is 7.43. The fraction of sp³-hybridized carbons (Fsp3) is 0.257. The zero-order chi connectivity index (χ0) is 29.4. The molecule has 1 saturated carbocycles. The quantitative estimate of drug-likeness (QED) is 0.215. The van der Waals surface area contributed by atoms with Crippen LogP contribution >= 0.6 is 0 Å². The maximum atomic E-state index is 13.1. The number of amides is 1. The van der Waals surface area contributed by atoms with E-state index in [1.807, 2.05) is 12.1 Å². The molecule has 2 N–H and O–H groups in total. The van der Waals surface area contributed by atoms with Crippen molar-refractivity contribution in [3.05, 3.63) is 114 Å². The van der Waals surface area contributed by atoms with E-state index >= 15 is 0 Å². The summed E-state index contributed by atoms with van der Waals surface area (Å²) in [7, 11) is -3.99. The number of nitrogens with zero attached hydrogens (tertiary/aromatic N) is 2. The first-order valence-corrected chi connectivity index (χ1v) is 16.5. The first kappa shape index (κ1) is 27.4. The minimum atomic E-state index is -3.99. The molecule has 1 atom stereocenters. The molecule has 2 aliphatic rings. The molecule has 43 heavy (non-hydrogen) atoms. The number of fused-ring (bicyclic) bond motifs is 2. The van der Waals surface area contributed by atoms with E-state index in [2.05, 4.69) is 57.1 Å². The summed E-state index contributed by atoms with van der Waals surface area (Å²) in [6.45, 7) is 0. The van der Waals surface area contributed by atoms with Crippen LogP contribution in [0, 0.1) is 0 Å². The Morgan fingerprint density at radius 1 is 0.837 bits per heavy atom. The van der Waals surface area contributed by atoms with E-state index in [0.29, 0.717) is 17.6 Å². The Morgan fingerprint density at radius 3 is 2.35 bits per heavy atom. The van der Waals surface area contributed by atoms with E-state index in [9.17, 15) is 13.2 Å². The minimum absolute atomic E-state index is 0.0466. The van der Waals surface area contributed by atoms with Gasteiger partial charge in [0.1, 0.15) is 5.82 Å². The molecule has 1 aliphatic carbocycles. The van der Waals surface area contributed by atoms with Crippen LogP contribution in [0.4, 0.5) is 5.69 Å². The molecule has 2 heterocycles. The average Bonchev–Trinajstić information content (AvgIpc) is 3.44. The first-order chi connectivity index (χ1) is 21.0. The Bertz CT molecular complexity index is 1900. The van der Waals surface area contributed by atoms with E-state index < -0.39 is 15.9 Å². The topological polar surface area (TPSA) is 93.1 Å². The normalized spacial score (nSPS) is 17.3. The third kappa shape index (κ3) is 5.43. The van der Waals surface area contributed by atoms with Gasteiger partial charge in [0.2, 0.25) is 0 Å². The fourth-order valence-corrected chi connectivity index (χ4v) is 7.56. The smallest absolute Gasteiger partial charge is 0.265 e. The highest BCUT2D eigenvalue weighted by molar-refractivity contribution is 7.90. The Balaban J connectivity index is 1.23. The largest absolute Gasteiger partial charge is 0.378 e. The second-order valence-corrected chi connectivity index (χ2v) is 13.2. The van der Waals surface area contributed by atoms with Crippen LogP contribution in [0.25, 0.3) is 22.4 Å². The van der Waals surface area contributed by atoms with Crippen molar-refractivity contribution in [1.29, 1.82) is 0 Å². The van der Waals surface area contributed by atoms with Gasteiger partial charge in [0.15, 0.2) is 0 Å². The van der Waals surface area contributed by atoms with Crippen LogP contribution in [0.3, 0.4) is 0 Å². The van der Waals surface area contributed by atoms with Crippen LogP contribution in [0.15, 0.2) is 102 Å². The van der Waals surface area contributed by atoms with Crippen molar-refractivity contribution in [1.82, 2.24) is 14.3 Å². The lowest BCUT2D eigenvalue weighted by molar-refractivity contribution is 0.0981. The Hall–Kier alpha value is -4.43. The third-order valence-corrected chi connectivity index (χ3v) is 10.1. The summed E-state index contributed by atoms with van der Waals surface area (Å²) in [6.07, 6.45) is 7.75. The summed E-state index contributed by atoms with van der Waals surface area (Å²) in [5.41, 5.74) is 6.69. The maximum absolute atomic E-state index is 13.1. The molecule has 1 unspecified atom stereocenters. The number of hydrogen-bond acceptors (Lipinski definition) is 5. The van der Waals surface area contributed by atoms with Gasteiger partial charge >= 0.3 is 0 Å². The van der Waals surface area contributed by atoms with Gasteiger partial charge < -0.3 is 9.88 Å². The Kier molecular flexibility index (Phi) is 7.23. The van der Waals surface area contributed by atoms with Crippen molar-refractivity contribution in [2.24, 2.45) is 0 Å². The Morgan fingerprint density at radius 2 is 1.58 bits per heavy atom. The second-order valence-electron chi connectivity index (χ2n) is 11.6. The first-order valence-electron chi connectivity index (χ1n) is 15.1. The van der Waals surface area contributed by atoms with Crippen molar-refractivity contribution in [2.45, 2.75) is 61.9 Å². The highest BCUT2D eigenvalue weighted by atomic mass is 32.2. The third-order valence-electron chi connectivity index (χ3n) is 8.77. The van der Waals surface area contributed by atoms with Gasteiger partial charge in [0.25, 0.3) is 15.9 Å². The number of carbonyl (C=O) groups is 1. The minimum Gasteiger partial charge on any atom is -0.378 e. The van der Waals surface area contributed by atoms with Gasteiger partial charge in [0.05, 0.1) is 22.0 Å². The molecule has 4 aromatic carbocycles. The van der Waals surface area contributed by atoms with Gasteiger partial charge in [0, 0.05) is 22.9 Å². The number of benzene rings is 4. The lowest BCUT2D eigenvalue weighted by Gasteiger charge is -2.28. The zero-order valence-electron chi connectivity index (χ0n) is 23.9. The number of rotatable bonds is 6. The fourth-order valence-electron chi connectivity index (χ4n) is 6.57. The molecule has 1 aliphatic heterocycles. The summed E-state index contributed by atoms with van der Waals surface area (Å²) in [5.74, 6) is 0.219. The van der Waals surface area contributed by atoms with Crippen molar-refractivity contribution in [3.8, 4) is 11.4 Å². The molecular formula is C35H34N4O3S. The van der Waals surface area contributed by atoms with Crippen LogP contribution in [0.5, 0.6) is 0 Å². The van der Waals surface area contributed by atoms with Gasteiger partial charge in [-0.1, -0.05) is 67.8 Å². The highest BCUT2D eigenvalue weighted by Crippen LogP contribution is 2.39. The number of nitrogens with one attached hydrogen (secondary N) is 2. The summed E-state index contributed by atoms with van der Waals surface area (Å²) < 4.78 is 30.1. The lowest BCUT2D eigenvalue weighted by atomic mass is 9.92. The molecule has 1 amide bonds. The number of carbonyl (C=O) groups excluding carboxylic acids is 1. The zero-order valence-corrected chi connectivity index (χ0v) is 24.7. The summed E-state index contributed by atoms with van der Waals surface area (Å²) >= 11 is 0. The molecule has 0 spiro atoms. The number of anilines is 1. The van der Waals surface area contributed by atoms with Crippen molar-refractivity contribution in [3.63, 3.8) is 0 Å². The lowest BCUT2D eigenvalue weighted by Crippen LogP contribution is -2.30. The van der Waals surface area contributed by atoms with Crippen LogP contribution in [0.2, 0.25) is 0 Å². The summed E-state index contributed by atoms with van der Waals surface area (Å²) in [4.78, 5) is 18.2. The molecule has 7 nitrogen and oxygen atoms in total. The molecule has 7 rings (SSSR count). The molecule has 0 bridgehead atoms. The molecule has 8 heteroatoms. The number of aryl methyl sites for hydroxylation is 1. The monoisotopic (exact) mass is 590 g/mol. The summed E-state index contributed by atoms with van der Waals surface area (Å²) in [5, 5.41) is 3.73. The average molecular weight is 591 g/mol. The highest BCUT2D eigenvalue weighted by Gasteiger charge is 2.26. The van der Waals surface area contributed by atoms with Crippen LogP contribution in [-0.4, -0.2) is 23.9 Å². The van der Waals surface area contributed by atoms with E-state index in [4.69, 9.17) is 4.98 Å². The number of hydrogen-bond donors (Lipinski definition) is 2. The van der Waals surface area contributed by atoms with Crippen molar-refractivity contribution < 1.29 is 13.2 Å². The molecule has 1 fully saturated rings. The van der Waals surface area contributed by atoms with E-state index in [0.717, 1.165) is 48.3 Å². The van der Waals surface area contributed by atoms with E-state index in [1.54, 1.807) is 30.3 Å². The second kappa shape index (κ2) is 11.3. The van der Waals surface area contributed by atoms with Gasteiger partial charge in [-0.3, -0.25) is 4.79 Å². The molecule has 5 aromatic rings. The van der Waals surface area contributed by atoms with Crippen LogP contribution in [-0.2, 0) is 16.4 Å². The van der Waals surface area contributed by atoms with Crippen molar-refractivity contribution in [2.75, 3.05) is 5.32 Å². The molecule has 218 valence electrons. The van der Waals surface area contributed by atoms with E-state index in [-0.39, 0.29) is 10.5 Å². The molecule has 1 aromatic heterocycles. The maximum Gasteiger partial charge on any atom is 0.265 e. The predicted molar refractivity (Wildman–Crippen MR) is 170 cm³/mol. The van der Waals surface area contributed by atoms with Crippen molar-refractivity contribution >= 4 is 32.7 Å². The standard InChI is InChI=1S/C35H34N4O3S/c40-35(38-43(41,42)29-14-8-3-9-15-29)27-18-21-33-32(23-27)37-34(39(33)28-12-6-2-7-13-28)26-17-20-31-25(22-26)16-19-30(36-31)24-10-4-1-5-11-24/h1,3-5,8-11,14-15,17-18,20-23,28,30,36H,2,6-7,12-13,16,19H2,(H,38,40). The molecule has 0 saturated heterocycles. The van der Waals surface area contributed by atoms with Gasteiger partial charge in [-0.05, 0) is 85.3 Å². The van der Waals surface area contributed by atoms with Crippen LogP contribution < -0.4 is 10.0 Å². The number of imidazole rings is 1. The SMILES string of the molecule is O=C(NS(=O)(=O)c1ccccc1)c1ccc2c(c1)nc(-c1ccc3c(c1)CCC(c1ccccc1)N3)n2C1CCCCC1. The molecule has 0 radical (unpaired) electrons. The Labute approximate surface area is 252 Å².